The number of carboxylic acids is 1. The van der Waals surface area contributed by atoms with Crippen LogP contribution in [0, 0.1) is 5.92 Å². The third kappa shape index (κ3) is 5.29. The molecule has 0 radical (unpaired) electrons. The highest BCUT2D eigenvalue weighted by atomic mass is 16.4. The van der Waals surface area contributed by atoms with E-state index < -0.39 is 5.97 Å². The lowest BCUT2D eigenvalue weighted by Crippen LogP contribution is -2.13. The van der Waals surface area contributed by atoms with Gasteiger partial charge in [-0.1, -0.05) is 13.8 Å². The molecule has 0 aromatic carbocycles. The SMILES string of the molecule is CCc1cc(NCC(C)CCC(=O)O)ncn1. The highest BCUT2D eigenvalue weighted by Crippen LogP contribution is 2.09. The van der Waals surface area contributed by atoms with Gasteiger partial charge in [-0.2, -0.15) is 0 Å². The fraction of sp³-hybridized carbons (Fsp3) is 0.583. The first kappa shape index (κ1) is 13.4. The Hall–Kier alpha value is -1.65. The van der Waals surface area contributed by atoms with Gasteiger partial charge in [0.2, 0.25) is 0 Å². The largest absolute Gasteiger partial charge is 0.481 e. The van der Waals surface area contributed by atoms with E-state index in [2.05, 4.69) is 15.3 Å². The van der Waals surface area contributed by atoms with Gasteiger partial charge in [-0.25, -0.2) is 9.97 Å². The van der Waals surface area contributed by atoms with Gasteiger partial charge in [0.15, 0.2) is 0 Å². The zero-order chi connectivity index (χ0) is 12.7. The second kappa shape index (κ2) is 6.83. The predicted octanol–water partition coefficient (Wildman–Crippen LogP) is 1.95. The minimum atomic E-state index is -0.743. The van der Waals surface area contributed by atoms with Crippen LogP contribution in [-0.4, -0.2) is 27.6 Å². The fourth-order valence-electron chi connectivity index (χ4n) is 1.44. The van der Waals surface area contributed by atoms with Gasteiger partial charge in [-0.15, -0.1) is 0 Å². The second-order valence-corrected chi connectivity index (χ2v) is 4.17. The Bertz CT molecular complexity index is 369. The monoisotopic (exact) mass is 237 g/mol. The maximum Gasteiger partial charge on any atom is 0.303 e. The zero-order valence-corrected chi connectivity index (χ0v) is 10.3. The van der Waals surface area contributed by atoms with E-state index in [1.54, 1.807) is 6.33 Å². The van der Waals surface area contributed by atoms with Crippen LogP contribution in [-0.2, 0) is 11.2 Å². The van der Waals surface area contributed by atoms with E-state index in [-0.39, 0.29) is 6.42 Å². The number of anilines is 1. The third-order valence-electron chi connectivity index (χ3n) is 2.57. The molecule has 0 saturated heterocycles. The number of carboxylic acid groups (broad SMARTS) is 1. The molecule has 2 N–H and O–H groups in total. The Kier molecular flexibility index (Phi) is 5.39. The average molecular weight is 237 g/mol. The molecule has 5 nitrogen and oxygen atoms in total. The van der Waals surface area contributed by atoms with Gasteiger partial charge in [0, 0.05) is 24.7 Å². The number of hydrogen-bond acceptors (Lipinski definition) is 4. The molecule has 1 heterocycles. The number of aryl methyl sites for hydroxylation is 1. The molecule has 5 heteroatoms. The first-order chi connectivity index (χ1) is 8.11. The van der Waals surface area contributed by atoms with Gasteiger partial charge in [-0.05, 0) is 18.8 Å². The van der Waals surface area contributed by atoms with Crippen molar-refractivity contribution in [3.63, 3.8) is 0 Å². The molecule has 0 saturated carbocycles. The van der Waals surface area contributed by atoms with Crippen molar-refractivity contribution in [2.75, 3.05) is 11.9 Å². The number of rotatable bonds is 7. The molecule has 1 aromatic heterocycles. The summed E-state index contributed by atoms with van der Waals surface area (Å²) in [6, 6.07) is 1.92. The summed E-state index contributed by atoms with van der Waals surface area (Å²) >= 11 is 0. The molecule has 1 atom stereocenters. The lowest BCUT2D eigenvalue weighted by molar-refractivity contribution is -0.137. The standard InChI is InChI=1S/C12H19N3O2/c1-3-10-6-11(15-8-14-10)13-7-9(2)4-5-12(16)17/h6,8-9H,3-5,7H2,1-2H3,(H,16,17)(H,13,14,15). The number of nitrogens with zero attached hydrogens (tertiary/aromatic N) is 2. The van der Waals surface area contributed by atoms with Crippen molar-refractivity contribution in [1.29, 1.82) is 0 Å². The molecule has 0 fully saturated rings. The van der Waals surface area contributed by atoms with E-state index in [1.807, 2.05) is 19.9 Å². The summed E-state index contributed by atoms with van der Waals surface area (Å²) in [6.45, 7) is 4.80. The van der Waals surface area contributed by atoms with E-state index in [0.717, 1.165) is 24.5 Å². The normalized spacial score (nSPS) is 12.1. The Labute approximate surface area is 101 Å². The van der Waals surface area contributed by atoms with Gasteiger partial charge in [0.05, 0.1) is 0 Å². The van der Waals surface area contributed by atoms with Crippen molar-refractivity contribution in [3.05, 3.63) is 18.1 Å². The van der Waals surface area contributed by atoms with Crippen LogP contribution in [0.25, 0.3) is 0 Å². The summed E-state index contributed by atoms with van der Waals surface area (Å²) in [5.74, 6) is 0.373. The highest BCUT2D eigenvalue weighted by Gasteiger charge is 2.06. The molecule has 0 spiro atoms. The Morgan fingerprint density at radius 3 is 2.94 bits per heavy atom. The van der Waals surface area contributed by atoms with Crippen molar-refractivity contribution in [2.45, 2.75) is 33.1 Å². The molecular weight excluding hydrogens is 218 g/mol. The molecular formula is C12H19N3O2. The van der Waals surface area contributed by atoms with Crippen molar-refractivity contribution in [2.24, 2.45) is 5.92 Å². The summed E-state index contributed by atoms with van der Waals surface area (Å²) in [7, 11) is 0. The maximum absolute atomic E-state index is 10.4. The third-order valence-corrected chi connectivity index (χ3v) is 2.57. The maximum atomic E-state index is 10.4. The first-order valence-electron chi connectivity index (χ1n) is 5.88. The van der Waals surface area contributed by atoms with E-state index in [4.69, 9.17) is 5.11 Å². The Morgan fingerprint density at radius 2 is 2.29 bits per heavy atom. The van der Waals surface area contributed by atoms with Gasteiger partial charge in [0.1, 0.15) is 12.1 Å². The molecule has 0 aliphatic heterocycles. The number of nitrogens with one attached hydrogen (secondary N) is 1. The van der Waals surface area contributed by atoms with E-state index in [0.29, 0.717) is 12.3 Å². The second-order valence-electron chi connectivity index (χ2n) is 4.17. The van der Waals surface area contributed by atoms with Crippen molar-refractivity contribution in [1.82, 2.24) is 9.97 Å². The molecule has 1 unspecified atom stereocenters. The lowest BCUT2D eigenvalue weighted by atomic mass is 10.1. The van der Waals surface area contributed by atoms with Gasteiger partial charge >= 0.3 is 5.97 Å². The van der Waals surface area contributed by atoms with Crippen LogP contribution in [0.1, 0.15) is 32.4 Å². The summed E-state index contributed by atoms with van der Waals surface area (Å²) in [6.07, 6.45) is 3.32. The van der Waals surface area contributed by atoms with Crippen molar-refractivity contribution < 1.29 is 9.90 Å². The zero-order valence-electron chi connectivity index (χ0n) is 10.3. The molecule has 0 bridgehead atoms. The van der Waals surface area contributed by atoms with E-state index in [1.165, 1.54) is 0 Å². The summed E-state index contributed by atoms with van der Waals surface area (Å²) in [4.78, 5) is 18.7. The number of aromatic nitrogens is 2. The topological polar surface area (TPSA) is 75.1 Å². The van der Waals surface area contributed by atoms with Crippen LogP contribution in [0.2, 0.25) is 0 Å². The Balaban J connectivity index is 2.36. The molecule has 0 aliphatic rings. The Morgan fingerprint density at radius 1 is 1.53 bits per heavy atom. The number of hydrogen-bond donors (Lipinski definition) is 2. The fourth-order valence-corrected chi connectivity index (χ4v) is 1.44. The average Bonchev–Trinajstić information content (AvgIpc) is 2.34. The van der Waals surface area contributed by atoms with Crippen LogP contribution < -0.4 is 5.32 Å². The summed E-state index contributed by atoms with van der Waals surface area (Å²) < 4.78 is 0. The summed E-state index contributed by atoms with van der Waals surface area (Å²) in [5.41, 5.74) is 1.00. The molecule has 1 aromatic rings. The van der Waals surface area contributed by atoms with Gasteiger partial charge in [0.25, 0.3) is 0 Å². The lowest BCUT2D eigenvalue weighted by Gasteiger charge is -2.12. The minimum Gasteiger partial charge on any atom is -0.481 e. The van der Waals surface area contributed by atoms with E-state index in [9.17, 15) is 4.79 Å². The van der Waals surface area contributed by atoms with Crippen LogP contribution in [0.4, 0.5) is 5.82 Å². The molecule has 0 amide bonds. The smallest absolute Gasteiger partial charge is 0.303 e. The molecule has 94 valence electrons. The van der Waals surface area contributed by atoms with Crippen LogP contribution >= 0.6 is 0 Å². The van der Waals surface area contributed by atoms with Crippen LogP contribution in [0.5, 0.6) is 0 Å². The number of aliphatic carboxylic acids is 1. The van der Waals surface area contributed by atoms with Crippen molar-refractivity contribution >= 4 is 11.8 Å². The first-order valence-corrected chi connectivity index (χ1v) is 5.88. The quantitative estimate of drug-likeness (QED) is 0.758. The van der Waals surface area contributed by atoms with Gasteiger partial charge < -0.3 is 10.4 Å². The molecule has 0 aliphatic carbocycles. The number of carbonyl (C=O) groups is 1. The highest BCUT2D eigenvalue weighted by molar-refractivity contribution is 5.66. The van der Waals surface area contributed by atoms with Crippen LogP contribution in [0.3, 0.4) is 0 Å². The van der Waals surface area contributed by atoms with Crippen LogP contribution in [0.15, 0.2) is 12.4 Å². The summed E-state index contributed by atoms with van der Waals surface area (Å²) in [5, 5.41) is 11.8. The molecule has 1 rings (SSSR count). The minimum absolute atomic E-state index is 0.215. The van der Waals surface area contributed by atoms with Gasteiger partial charge in [-0.3, -0.25) is 4.79 Å². The van der Waals surface area contributed by atoms with E-state index >= 15 is 0 Å². The van der Waals surface area contributed by atoms with Crippen molar-refractivity contribution in [3.8, 4) is 0 Å². The predicted molar refractivity (Wildman–Crippen MR) is 65.9 cm³/mol. The molecule has 17 heavy (non-hydrogen) atoms.